The van der Waals surface area contributed by atoms with Crippen molar-refractivity contribution in [3.05, 3.63) is 28.1 Å². The number of halogens is 1. The summed E-state index contributed by atoms with van der Waals surface area (Å²) in [6, 6.07) is 5.64. The molecule has 0 aromatic heterocycles. The summed E-state index contributed by atoms with van der Waals surface area (Å²) in [6.45, 7) is 0. The summed E-state index contributed by atoms with van der Waals surface area (Å²) in [4.78, 5) is 10.4. The molecule has 90 valence electrons. The molecule has 0 atom stereocenters. The largest absolute Gasteiger partial charge is 0.224 e. The number of nitroso groups, excluding NO2 is 1. The number of hydrogen-bond donors (Lipinski definition) is 0. The fraction of sp³-hybridized carbons (Fsp3) is 0.300. The Labute approximate surface area is 104 Å². The Kier molecular flexibility index (Phi) is 4.61. The Morgan fingerprint density at radius 2 is 2.12 bits per heavy atom. The number of sulfone groups is 1. The third-order valence-electron chi connectivity index (χ3n) is 2.08. The van der Waals surface area contributed by atoms with Crippen LogP contribution in [0.3, 0.4) is 0 Å². The lowest BCUT2D eigenvalue weighted by Gasteiger charge is -2.04. The summed E-state index contributed by atoms with van der Waals surface area (Å²) < 4.78 is 23.6. The number of hydrogen-bond acceptors (Lipinski definition) is 5. The van der Waals surface area contributed by atoms with Gasteiger partial charge in [0, 0.05) is 6.42 Å². The quantitative estimate of drug-likeness (QED) is 0.609. The molecule has 0 heterocycles. The lowest BCUT2D eigenvalue weighted by Crippen LogP contribution is -2.06. The van der Waals surface area contributed by atoms with Crippen LogP contribution in [0.2, 0.25) is 5.02 Å². The number of nitrogens with zero attached hydrogens (tertiary/aromatic N) is 2. The number of unbranched alkanes of at least 4 members (excludes halogenated alkanes) is 1. The molecule has 0 amide bonds. The number of rotatable bonds is 5. The lowest BCUT2D eigenvalue weighted by molar-refractivity contribution is 0.594. The summed E-state index contributed by atoms with van der Waals surface area (Å²) in [5.41, 5.74) is -0.104. The van der Waals surface area contributed by atoms with Crippen LogP contribution < -0.4 is 0 Å². The molecule has 1 aromatic carbocycles. The SMILES string of the molecule is N#CCCCS(=O)(=O)c1ccc(Cl)c(N=O)c1. The van der Waals surface area contributed by atoms with Crippen LogP contribution in [-0.2, 0) is 9.84 Å². The van der Waals surface area contributed by atoms with Crippen molar-refractivity contribution in [3.8, 4) is 6.07 Å². The maximum absolute atomic E-state index is 11.8. The highest BCUT2D eigenvalue weighted by Crippen LogP contribution is 2.28. The third-order valence-corrected chi connectivity index (χ3v) is 4.19. The van der Waals surface area contributed by atoms with E-state index in [1.807, 2.05) is 6.07 Å². The fourth-order valence-electron chi connectivity index (χ4n) is 1.21. The molecule has 0 unspecified atom stereocenters. The second-order valence-corrected chi connectivity index (χ2v) is 5.80. The van der Waals surface area contributed by atoms with Gasteiger partial charge in [-0.15, -0.1) is 4.91 Å². The Morgan fingerprint density at radius 3 is 2.71 bits per heavy atom. The van der Waals surface area contributed by atoms with Crippen molar-refractivity contribution < 1.29 is 8.42 Å². The minimum absolute atomic E-state index is 0.00515. The average molecular weight is 273 g/mol. The molecule has 0 N–H and O–H groups in total. The van der Waals surface area contributed by atoms with E-state index in [0.29, 0.717) is 0 Å². The van der Waals surface area contributed by atoms with E-state index in [1.54, 1.807) is 0 Å². The van der Waals surface area contributed by atoms with E-state index in [1.165, 1.54) is 12.1 Å². The van der Waals surface area contributed by atoms with E-state index in [0.717, 1.165) is 6.07 Å². The van der Waals surface area contributed by atoms with Gasteiger partial charge >= 0.3 is 0 Å². The smallest absolute Gasteiger partial charge is 0.178 e. The summed E-state index contributed by atoms with van der Waals surface area (Å²) in [7, 11) is -3.49. The molecule has 1 aromatic rings. The normalized spacial score (nSPS) is 10.8. The Morgan fingerprint density at radius 1 is 1.41 bits per heavy atom. The van der Waals surface area contributed by atoms with Crippen LogP contribution in [0, 0.1) is 16.2 Å². The van der Waals surface area contributed by atoms with Crippen LogP contribution in [0.15, 0.2) is 28.3 Å². The molecule has 0 aliphatic heterocycles. The summed E-state index contributed by atoms with van der Waals surface area (Å²) in [5.74, 6) is -0.138. The first kappa shape index (κ1) is 13.6. The van der Waals surface area contributed by atoms with Gasteiger partial charge < -0.3 is 0 Å². The zero-order chi connectivity index (χ0) is 12.9. The van der Waals surface area contributed by atoms with Crippen LogP contribution in [-0.4, -0.2) is 14.2 Å². The molecule has 0 spiro atoms. The molecule has 5 nitrogen and oxygen atoms in total. The van der Waals surface area contributed by atoms with E-state index in [4.69, 9.17) is 16.9 Å². The first-order chi connectivity index (χ1) is 8.01. The maximum Gasteiger partial charge on any atom is 0.178 e. The predicted octanol–water partition coefficient (Wildman–Crippen LogP) is 2.82. The second-order valence-electron chi connectivity index (χ2n) is 3.29. The Balaban J connectivity index is 3.00. The minimum atomic E-state index is -3.49. The van der Waals surface area contributed by atoms with E-state index in [9.17, 15) is 13.3 Å². The molecular formula is C10H9ClN2O3S. The molecule has 0 fully saturated rings. The zero-order valence-corrected chi connectivity index (χ0v) is 10.3. The van der Waals surface area contributed by atoms with Gasteiger partial charge in [-0.1, -0.05) is 11.6 Å². The molecule has 0 bridgehead atoms. The summed E-state index contributed by atoms with van der Waals surface area (Å²) in [5, 5.41) is 11.1. The van der Waals surface area contributed by atoms with Gasteiger partial charge in [0.2, 0.25) is 0 Å². The van der Waals surface area contributed by atoms with E-state index < -0.39 is 9.84 Å². The lowest BCUT2D eigenvalue weighted by atomic mass is 10.3. The first-order valence-corrected chi connectivity index (χ1v) is 6.77. The molecule has 0 aliphatic carbocycles. The highest BCUT2D eigenvalue weighted by Gasteiger charge is 2.16. The van der Waals surface area contributed by atoms with E-state index in [2.05, 4.69) is 5.18 Å². The maximum atomic E-state index is 11.8. The van der Waals surface area contributed by atoms with Gasteiger partial charge in [-0.2, -0.15) is 5.26 Å². The molecule has 0 saturated carbocycles. The highest BCUT2D eigenvalue weighted by molar-refractivity contribution is 7.91. The summed E-state index contributed by atoms with van der Waals surface area (Å²) >= 11 is 5.64. The van der Waals surface area contributed by atoms with Crippen LogP contribution in [0.25, 0.3) is 0 Å². The minimum Gasteiger partial charge on any atom is -0.224 e. The van der Waals surface area contributed by atoms with E-state index in [-0.39, 0.29) is 34.2 Å². The zero-order valence-electron chi connectivity index (χ0n) is 8.76. The topological polar surface area (TPSA) is 87.4 Å². The third kappa shape index (κ3) is 3.51. The monoisotopic (exact) mass is 272 g/mol. The molecule has 7 heteroatoms. The van der Waals surface area contributed by atoms with Gasteiger partial charge in [-0.3, -0.25) is 0 Å². The second kappa shape index (κ2) is 5.75. The Bertz CT molecular complexity index is 563. The van der Waals surface area contributed by atoms with Gasteiger partial charge in [0.15, 0.2) is 9.84 Å². The van der Waals surface area contributed by atoms with Crippen LogP contribution in [0.4, 0.5) is 5.69 Å². The fourth-order valence-corrected chi connectivity index (χ4v) is 2.69. The molecular weight excluding hydrogens is 264 g/mol. The number of benzene rings is 1. The standard InChI is InChI=1S/C10H9ClN2O3S/c11-9-4-3-8(7-10(9)13-14)17(15,16)6-2-1-5-12/h3-4,7H,1-2,6H2. The van der Waals surface area contributed by atoms with Crippen LogP contribution in [0.5, 0.6) is 0 Å². The molecule has 0 saturated heterocycles. The van der Waals surface area contributed by atoms with Gasteiger partial charge in [-0.05, 0) is 29.8 Å². The van der Waals surface area contributed by atoms with Gasteiger partial charge in [0.25, 0.3) is 0 Å². The van der Waals surface area contributed by atoms with Crippen LogP contribution >= 0.6 is 11.6 Å². The average Bonchev–Trinajstić information content (AvgIpc) is 2.29. The van der Waals surface area contributed by atoms with Crippen molar-refractivity contribution in [2.45, 2.75) is 17.7 Å². The predicted molar refractivity (Wildman–Crippen MR) is 63.8 cm³/mol. The summed E-state index contributed by atoms with van der Waals surface area (Å²) in [6.07, 6.45) is 0.427. The van der Waals surface area contributed by atoms with E-state index >= 15 is 0 Å². The molecule has 17 heavy (non-hydrogen) atoms. The van der Waals surface area contributed by atoms with Crippen molar-refractivity contribution >= 4 is 27.1 Å². The molecule has 0 aliphatic rings. The van der Waals surface area contributed by atoms with Crippen molar-refractivity contribution in [1.82, 2.24) is 0 Å². The highest BCUT2D eigenvalue weighted by atomic mass is 35.5. The van der Waals surface area contributed by atoms with Crippen LogP contribution in [0.1, 0.15) is 12.8 Å². The number of nitriles is 1. The van der Waals surface area contributed by atoms with Crippen molar-refractivity contribution in [3.63, 3.8) is 0 Å². The molecule has 1 rings (SSSR count). The van der Waals surface area contributed by atoms with Crippen molar-refractivity contribution in [1.29, 1.82) is 5.26 Å². The van der Waals surface area contributed by atoms with Gasteiger partial charge in [-0.25, -0.2) is 8.42 Å². The first-order valence-electron chi connectivity index (χ1n) is 4.74. The van der Waals surface area contributed by atoms with Crippen molar-refractivity contribution in [2.24, 2.45) is 5.18 Å². The van der Waals surface area contributed by atoms with Crippen molar-refractivity contribution in [2.75, 3.05) is 5.75 Å². The Hall–Kier alpha value is -1.45. The molecule has 0 radical (unpaired) electrons. The van der Waals surface area contributed by atoms with Gasteiger partial charge in [0.05, 0.1) is 21.7 Å². The van der Waals surface area contributed by atoms with Gasteiger partial charge in [0.1, 0.15) is 5.69 Å².